The van der Waals surface area contributed by atoms with Gasteiger partial charge in [-0.25, -0.2) is 0 Å². The fourth-order valence-corrected chi connectivity index (χ4v) is 3.03. The molecule has 142 valence electrons. The maximum Gasteiger partial charge on any atom is 0.251 e. The molecule has 2 amide bonds. The summed E-state index contributed by atoms with van der Waals surface area (Å²) in [4.78, 5) is 26.3. The van der Waals surface area contributed by atoms with E-state index in [9.17, 15) is 9.59 Å². The molecule has 3 rings (SSSR count). The van der Waals surface area contributed by atoms with Crippen molar-refractivity contribution in [3.63, 3.8) is 0 Å². The van der Waals surface area contributed by atoms with E-state index in [-0.39, 0.29) is 24.5 Å². The number of carbonyl (C=O) groups excluding carboxylic acids is 2. The van der Waals surface area contributed by atoms with Crippen LogP contribution in [0, 0.1) is 0 Å². The maximum absolute atomic E-state index is 12.0. The summed E-state index contributed by atoms with van der Waals surface area (Å²) in [5.74, 6) is -0.475. The van der Waals surface area contributed by atoms with Crippen molar-refractivity contribution in [2.45, 2.75) is 12.6 Å². The second-order valence-corrected chi connectivity index (χ2v) is 6.57. The molecule has 0 saturated carbocycles. The second-order valence-electron chi connectivity index (χ2n) is 6.57. The fourth-order valence-electron chi connectivity index (χ4n) is 3.03. The Kier molecular flexibility index (Phi) is 6.96. The third-order valence-electron chi connectivity index (χ3n) is 4.44. The van der Waals surface area contributed by atoms with Crippen LogP contribution in [0.5, 0.6) is 0 Å². The molecule has 2 N–H and O–H groups in total. The van der Waals surface area contributed by atoms with Crippen LogP contribution in [0.3, 0.4) is 0 Å². The zero-order chi connectivity index (χ0) is 18.9. The highest BCUT2D eigenvalue weighted by atomic mass is 16.5. The van der Waals surface area contributed by atoms with E-state index in [1.165, 1.54) is 5.56 Å². The van der Waals surface area contributed by atoms with Gasteiger partial charge in [0.1, 0.15) is 0 Å². The average Bonchev–Trinajstić information content (AvgIpc) is 2.72. The summed E-state index contributed by atoms with van der Waals surface area (Å²) in [6, 6.07) is 19.2. The average molecular weight is 367 g/mol. The molecule has 0 unspecified atom stereocenters. The molecule has 1 fully saturated rings. The molecule has 6 nitrogen and oxygen atoms in total. The number of hydrogen-bond acceptors (Lipinski definition) is 4. The van der Waals surface area contributed by atoms with Crippen molar-refractivity contribution in [1.29, 1.82) is 0 Å². The minimum Gasteiger partial charge on any atom is -0.374 e. The lowest BCUT2D eigenvalue weighted by molar-refractivity contribution is -0.121. The van der Waals surface area contributed by atoms with Crippen LogP contribution in [0.1, 0.15) is 15.9 Å². The largest absolute Gasteiger partial charge is 0.374 e. The van der Waals surface area contributed by atoms with E-state index < -0.39 is 0 Å². The van der Waals surface area contributed by atoms with Crippen molar-refractivity contribution in [1.82, 2.24) is 15.5 Å². The summed E-state index contributed by atoms with van der Waals surface area (Å²) in [5.41, 5.74) is 1.81. The molecule has 0 bridgehead atoms. The summed E-state index contributed by atoms with van der Waals surface area (Å²) < 4.78 is 5.75. The van der Waals surface area contributed by atoms with Crippen LogP contribution in [0.4, 0.5) is 0 Å². The first-order valence-corrected chi connectivity index (χ1v) is 9.18. The molecule has 1 saturated heterocycles. The van der Waals surface area contributed by atoms with Gasteiger partial charge in [-0.3, -0.25) is 14.5 Å². The predicted octanol–water partition coefficient (Wildman–Crippen LogP) is 1.43. The Labute approximate surface area is 159 Å². The smallest absolute Gasteiger partial charge is 0.251 e. The molecule has 0 radical (unpaired) electrons. The van der Waals surface area contributed by atoms with E-state index in [2.05, 4.69) is 27.7 Å². The summed E-state index contributed by atoms with van der Waals surface area (Å²) >= 11 is 0. The number of benzene rings is 2. The first-order chi connectivity index (χ1) is 13.2. The number of morpholine rings is 1. The number of ether oxygens (including phenoxy) is 1. The second kappa shape index (κ2) is 9.85. The summed E-state index contributed by atoms with van der Waals surface area (Å²) in [7, 11) is 0. The summed E-state index contributed by atoms with van der Waals surface area (Å²) in [6.07, 6.45) is -0.0452. The maximum atomic E-state index is 12.0. The molecule has 1 aliphatic heterocycles. The molecule has 0 spiro atoms. The van der Waals surface area contributed by atoms with Crippen LogP contribution < -0.4 is 10.6 Å². The Morgan fingerprint density at radius 2 is 1.70 bits per heavy atom. The van der Waals surface area contributed by atoms with Crippen LogP contribution in [0.25, 0.3) is 0 Å². The third kappa shape index (κ3) is 6.20. The molecule has 0 aromatic heterocycles. The summed E-state index contributed by atoms with van der Waals surface area (Å²) in [6.45, 7) is 3.57. The molecule has 0 aliphatic carbocycles. The first kappa shape index (κ1) is 19.1. The highest BCUT2D eigenvalue weighted by Crippen LogP contribution is 2.10. The molecule has 1 heterocycles. The lowest BCUT2D eigenvalue weighted by atomic mass is 10.2. The Bertz CT molecular complexity index is 737. The Morgan fingerprint density at radius 1 is 1.00 bits per heavy atom. The van der Waals surface area contributed by atoms with Gasteiger partial charge in [-0.2, -0.15) is 0 Å². The van der Waals surface area contributed by atoms with Crippen LogP contribution in [-0.4, -0.2) is 55.6 Å². The Balaban J connectivity index is 1.37. The topological polar surface area (TPSA) is 70.7 Å². The lowest BCUT2D eigenvalue weighted by Gasteiger charge is -2.33. The standard InChI is InChI=1S/C21H25N3O3/c25-20(14-23-21(26)18-9-5-2-6-10-18)22-13-19-16-24(11-12-27-19)15-17-7-3-1-4-8-17/h1-10,19H,11-16H2,(H,22,25)(H,23,26)/t19-/m1/s1. The van der Waals surface area contributed by atoms with Gasteiger partial charge in [0, 0.05) is 31.7 Å². The Hall–Kier alpha value is -2.70. The first-order valence-electron chi connectivity index (χ1n) is 9.18. The van der Waals surface area contributed by atoms with Gasteiger partial charge in [-0.1, -0.05) is 48.5 Å². The molecular formula is C21H25N3O3. The van der Waals surface area contributed by atoms with E-state index in [1.54, 1.807) is 24.3 Å². The van der Waals surface area contributed by atoms with E-state index >= 15 is 0 Å². The van der Waals surface area contributed by atoms with Crippen LogP contribution in [0.15, 0.2) is 60.7 Å². The van der Waals surface area contributed by atoms with Crippen LogP contribution in [0.2, 0.25) is 0 Å². The van der Waals surface area contributed by atoms with Gasteiger partial charge in [0.15, 0.2) is 0 Å². The van der Waals surface area contributed by atoms with Gasteiger partial charge in [-0.15, -0.1) is 0 Å². The number of carbonyl (C=O) groups is 2. The van der Waals surface area contributed by atoms with Gasteiger partial charge >= 0.3 is 0 Å². The number of nitrogens with zero attached hydrogens (tertiary/aromatic N) is 1. The van der Waals surface area contributed by atoms with Crippen molar-refractivity contribution in [2.75, 3.05) is 32.8 Å². The van der Waals surface area contributed by atoms with Gasteiger partial charge in [-0.05, 0) is 17.7 Å². The molecule has 27 heavy (non-hydrogen) atoms. The molecule has 6 heteroatoms. The highest BCUT2D eigenvalue weighted by molar-refractivity contribution is 5.96. The van der Waals surface area contributed by atoms with Crippen LogP contribution >= 0.6 is 0 Å². The minimum absolute atomic E-state index is 0.0452. The SMILES string of the molecule is O=C(CNC(=O)c1ccccc1)NC[C@@H]1CN(Cc2ccccc2)CCO1. The lowest BCUT2D eigenvalue weighted by Crippen LogP contribution is -2.48. The van der Waals surface area contributed by atoms with E-state index in [1.807, 2.05) is 24.3 Å². The number of hydrogen-bond donors (Lipinski definition) is 2. The van der Waals surface area contributed by atoms with Crippen LogP contribution in [-0.2, 0) is 16.1 Å². The van der Waals surface area contributed by atoms with Crippen molar-refractivity contribution in [3.05, 3.63) is 71.8 Å². The van der Waals surface area contributed by atoms with Gasteiger partial charge in [0.05, 0.1) is 19.3 Å². The van der Waals surface area contributed by atoms with E-state index in [4.69, 9.17) is 4.74 Å². The van der Waals surface area contributed by atoms with Gasteiger partial charge < -0.3 is 15.4 Å². The normalized spacial score (nSPS) is 17.3. The number of rotatable bonds is 7. The fraction of sp³-hybridized carbons (Fsp3) is 0.333. The molecule has 1 aliphatic rings. The third-order valence-corrected chi connectivity index (χ3v) is 4.44. The highest BCUT2D eigenvalue weighted by Gasteiger charge is 2.21. The van der Waals surface area contributed by atoms with Crippen molar-refractivity contribution >= 4 is 11.8 Å². The number of amides is 2. The summed E-state index contributed by atoms with van der Waals surface area (Å²) in [5, 5.41) is 5.46. The van der Waals surface area contributed by atoms with Crippen molar-refractivity contribution < 1.29 is 14.3 Å². The number of nitrogens with one attached hydrogen (secondary N) is 2. The predicted molar refractivity (Wildman–Crippen MR) is 103 cm³/mol. The van der Waals surface area contributed by atoms with Crippen molar-refractivity contribution in [2.24, 2.45) is 0 Å². The monoisotopic (exact) mass is 367 g/mol. The zero-order valence-corrected chi connectivity index (χ0v) is 15.3. The zero-order valence-electron chi connectivity index (χ0n) is 15.3. The molecule has 2 aromatic rings. The van der Waals surface area contributed by atoms with E-state index in [0.29, 0.717) is 18.7 Å². The van der Waals surface area contributed by atoms with Crippen molar-refractivity contribution in [3.8, 4) is 0 Å². The molecular weight excluding hydrogens is 342 g/mol. The Morgan fingerprint density at radius 3 is 2.44 bits per heavy atom. The van der Waals surface area contributed by atoms with Gasteiger partial charge in [0.2, 0.25) is 5.91 Å². The quantitative estimate of drug-likeness (QED) is 0.777. The molecule has 1 atom stereocenters. The van der Waals surface area contributed by atoms with Gasteiger partial charge in [0.25, 0.3) is 5.91 Å². The molecule has 2 aromatic carbocycles. The minimum atomic E-state index is -0.256. The van der Waals surface area contributed by atoms with E-state index in [0.717, 1.165) is 19.6 Å².